The van der Waals surface area contributed by atoms with Crippen LogP contribution in [0, 0.1) is 17.7 Å². The number of ether oxygens (including phenoxy) is 1. The lowest BCUT2D eigenvalue weighted by atomic mass is 9.82. The minimum atomic E-state index is -0.286. The summed E-state index contributed by atoms with van der Waals surface area (Å²) in [6.45, 7) is 5.08. The van der Waals surface area contributed by atoms with Crippen LogP contribution in [0.2, 0.25) is 0 Å². The maximum atomic E-state index is 13.6. The highest BCUT2D eigenvalue weighted by Crippen LogP contribution is 2.30. The summed E-state index contributed by atoms with van der Waals surface area (Å²) in [6, 6.07) is 14.2. The molecule has 3 heterocycles. The Morgan fingerprint density at radius 1 is 1.00 bits per heavy atom. The van der Waals surface area contributed by atoms with Gasteiger partial charge in [0, 0.05) is 64.3 Å². The van der Waals surface area contributed by atoms with E-state index in [0.29, 0.717) is 65.4 Å². The number of rotatable bonds is 5. The van der Waals surface area contributed by atoms with Crippen LogP contribution in [0.25, 0.3) is 0 Å². The zero-order valence-electron chi connectivity index (χ0n) is 22.8. The fourth-order valence-electron chi connectivity index (χ4n) is 5.85. The van der Waals surface area contributed by atoms with E-state index < -0.39 is 0 Å². The van der Waals surface area contributed by atoms with Crippen molar-refractivity contribution in [3.05, 3.63) is 77.6 Å². The SMILES string of the molecule is O=CN1CCN(C(=O)C[C@@H]2CCN3C[C@@H]2/C=C/COc2ccccc2CN(Cc2ccc(F)cc2)CC3=O)CC1. The molecule has 2 saturated heterocycles. The van der Waals surface area contributed by atoms with Gasteiger partial charge in [0.25, 0.3) is 0 Å². The number of nitrogens with zero attached hydrogens (tertiary/aromatic N) is 4. The summed E-state index contributed by atoms with van der Waals surface area (Å²) in [5.41, 5.74) is 1.92. The molecule has 0 saturated carbocycles. The first kappa shape index (κ1) is 27.8. The number of carbonyl (C=O) groups is 3. The Bertz CT molecular complexity index is 1210. The average molecular weight is 549 g/mol. The van der Waals surface area contributed by atoms with Gasteiger partial charge in [-0.15, -0.1) is 0 Å². The standard InChI is InChI=1S/C31H37FN4O4/c32-28-9-7-24(8-10-28)19-34-20-27-4-1-2-6-29(27)40-17-3-5-26-21-36(31(39)22-34)12-11-25(26)18-30(38)35-15-13-33(23-37)14-16-35/h1-10,23,25-26H,11-22H2/b5-3+/t25-,26-/m0/s1. The van der Waals surface area contributed by atoms with E-state index in [4.69, 9.17) is 4.74 Å². The minimum absolute atomic E-state index is 0.0445. The summed E-state index contributed by atoms with van der Waals surface area (Å²) < 4.78 is 19.7. The third-order valence-corrected chi connectivity index (χ3v) is 8.18. The summed E-state index contributed by atoms with van der Waals surface area (Å²) in [6.07, 6.45) is 6.13. The van der Waals surface area contributed by atoms with Crippen molar-refractivity contribution in [3.63, 3.8) is 0 Å². The van der Waals surface area contributed by atoms with Gasteiger partial charge in [-0.1, -0.05) is 42.5 Å². The highest BCUT2D eigenvalue weighted by molar-refractivity contribution is 5.79. The van der Waals surface area contributed by atoms with E-state index in [0.717, 1.165) is 29.7 Å². The molecule has 2 bridgehead atoms. The van der Waals surface area contributed by atoms with Crippen LogP contribution in [-0.4, -0.2) is 90.2 Å². The molecule has 0 spiro atoms. The number of hydrogen-bond acceptors (Lipinski definition) is 5. The molecule has 212 valence electrons. The van der Waals surface area contributed by atoms with Crippen molar-refractivity contribution in [3.8, 4) is 5.75 Å². The number of piperazine rings is 1. The molecule has 2 aromatic carbocycles. The number of amides is 3. The zero-order chi connectivity index (χ0) is 27.9. The molecule has 5 rings (SSSR count). The van der Waals surface area contributed by atoms with E-state index in [9.17, 15) is 18.8 Å². The van der Waals surface area contributed by atoms with E-state index in [2.05, 4.69) is 11.0 Å². The Balaban J connectivity index is 1.32. The van der Waals surface area contributed by atoms with Crippen molar-refractivity contribution in [2.45, 2.75) is 25.9 Å². The normalized spacial score (nSPS) is 23.2. The first-order valence-corrected chi connectivity index (χ1v) is 14.1. The molecule has 9 heteroatoms. The fraction of sp³-hybridized carbons (Fsp3) is 0.452. The molecular formula is C31H37FN4O4. The smallest absolute Gasteiger partial charge is 0.236 e. The quantitative estimate of drug-likeness (QED) is 0.425. The second kappa shape index (κ2) is 13.1. The average Bonchev–Trinajstić information content (AvgIpc) is 2.98. The largest absolute Gasteiger partial charge is 0.489 e. The van der Waals surface area contributed by atoms with Crippen LogP contribution in [0.5, 0.6) is 5.75 Å². The Kier molecular flexibility index (Phi) is 9.11. The molecule has 0 aliphatic carbocycles. The van der Waals surface area contributed by atoms with Crippen LogP contribution in [0.1, 0.15) is 24.0 Å². The molecule has 3 aliphatic rings. The van der Waals surface area contributed by atoms with Gasteiger partial charge >= 0.3 is 0 Å². The van der Waals surface area contributed by atoms with Gasteiger partial charge in [-0.3, -0.25) is 19.3 Å². The van der Waals surface area contributed by atoms with Crippen molar-refractivity contribution in [1.29, 1.82) is 0 Å². The van der Waals surface area contributed by atoms with Crippen LogP contribution in [0.3, 0.4) is 0 Å². The van der Waals surface area contributed by atoms with E-state index in [1.807, 2.05) is 40.1 Å². The van der Waals surface area contributed by atoms with Gasteiger partial charge in [-0.05, 0) is 42.0 Å². The summed E-state index contributed by atoms with van der Waals surface area (Å²) in [5.74, 6) is 0.821. The molecule has 40 heavy (non-hydrogen) atoms. The van der Waals surface area contributed by atoms with Crippen LogP contribution in [0.15, 0.2) is 60.7 Å². The molecule has 2 fully saturated rings. The number of carbonyl (C=O) groups excluding carboxylic acids is 3. The van der Waals surface area contributed by atoms with Gasteiger partial charge in [0.1, 0.15) is 18.2 Å². The second-order valence-electron chi connectivity index (χ2n) is 10.9. The minimum Gasteiger partial charge on any atom is -0.489 e. The summed E-state index contributed by atoms with van der Waals surface area (Å²) in [4.78, 5) is 45.3. The monoisotopic (exact) mass is 548 g/mol. The molecule has 0 aromatic heterocycles. The number of piperidine rings is 1. The molecule has 0 radical (unpaired) electrons. The molecular weight excluding hydrogens is 511 g/mol. The van der Waals surface area contributed by atoms with Crippen molar-refractivity contribution >= 4 is 18.2 Å². The third-order valence-electron chi connectivity index (χ3n) is 8.18. The molecule has 0 N–H and O–H groups in total. The van der Waals surface area contributed by atoms with Gasteiger partial charge in [0.05, 0.1) is 6.54 Å². The molecule has 2 aromatic rings. The van der Waals surface area contributed by atoms with Crippen molar-refractivity contribution in [1.82, 2.24) is 19.6 Å². The Labute approximate surface area is 235 Å². The van der Waals surface area contributed by atoms with E-state index in [1.165, 1.54) is 12.1 Å². The Morgan fingerprint density at radius 3 is 2.55 bits per heavy atom. The number of halogens is 1. The fourth-order valence-corrected chi connectivity index (χ4v) is 5.85. The predicted molar refractivity (Wildman–Crippen MR) is 149 cm³/mol. The van der Waals surface area contributed by atoms with Crippen molar-refractivity contribution < 1.29 is 23.5 Å². The lowest BCUT2D eigenvalue weighted by molar-refractivity contribution is -0.138. The highest BCUT2D eigenvalue weighted by Gasteiger charge is 2.33. The number of para-hydroxylation sites is 1. The van der Waals surface area contributed by atoms with Crippen molar-refractivity contribution in [2.75, 3.05) is 52.4 Å². The first-order valence-electron chi connectivity index (χ1n) is 14.1. The number of hydrogen-bond donors (Lipinski definition) is 0. The van der Waals surface area contributed by atoms with E-state index in [-0.39, 0.29) is 36.0 Å². The van der Waals surface area contributed by atoms with E-state index >= 15 is 0 Å². The maximum Gasteiger partial charge on any atom is 0.236 e. The molecule has 8 nitrogen and oxygen atoms in total. The van der Waals surface area contributed by atoms with Crippen molar-refractivity contribution in [2.24, 2.45) is 11.8 Å². The van der Waals surface area contributed by atoms with Crippen LogP contribution in [0.4, 0.5) is 4.39 Å². The lowest BCUT2D eigenvalue weighted by Crippen LogP contribution is -2.50. The highest BCUT2D eigenvalue weighted by atomic mass is 19.1. The van der Waals surface area contributed by atoms with Gasteiger partial charge in [-0.2, -0.15) is 0 Å². The molecule has 0 unspecified atom stereocenters. The zero-order valence-corrected chi connectivity index (χ0v) is 22.8. The molecule has 3 amide bonds. The van der Waals surface area contributed by atoms with Gasteiger partial charge in [-0.25, -0.2) is 4.39 Å². The molecule has 3 aliphatic heterocycles. The Morgan fingerprint density at radius 2 is 1.77 bits per heavy atom. The topological polar surface area (TPSA) is 73.4 Å². The van der Waals surface area contributed by atoms with Crippen LogP contribution in [-0.2, 0) is 27.5 Å². The maximum absolute atomic E-state index is 13.6. The first-order chi connectivity index (χ1) is 19.5. The molecule has 2 atom stereocenters. The predicted octanol–water partition coefficient (Wildman–Crippen LogP) is 2.93. The second-order valence-corrected chi connectivity index (χ2v) is 10.9. The van der Waals surface area contributed by atoms with E-state index in [1.54, 1.807) is 17.0 Å². The summed E-state index contributed by atoms with van der Waals surface area (Å²) in [5, 5.41) is 0. The number of benzene rings is 2. The van der Waals surface area contributed by atoms with Crippen LogP contribution < -0.4 is 4.74 Å². The van der Waals surface area contributed by atoms with Crippen LogP contribution >= 0.6 is 0 Å². The Hall–Kier alpha value is -3.72. The van der Waals surface area contributed by atoms with Gasteiger partial charge in [0.2, 0.25) is 18.2 Å². The third kappa shape index (κ3) is 7.07. The van der Waals surface area contributed by atoms with Gasteiger partial charge < -0.3 is 19.4 Å². The van der Waals surface area contributed by atoms with Gasteiger partial charge in [0.15, 0.2) is 0 Å². The summed E-state index contributed by atoms with van der Waals surface area (Å²) >= 11 is 0. The number of fused-ring (bicyclic) bond motifs is 3. The lowest BCUT2D eigenvalue weighted by Gasteiger charge is -2.39. The summed E-state index contributed by atoms with van der Waals surface area (Å²) in [7, 11) is 0.